The molecule has 2 aromatic heterocycles. The highest BCUT2D eigenvalue weighted by Gasteiger charge is 2.31. The molecule has 12 heteroatoms. The first-order chi connectivity index (χ1) is 12.2. The van der Waals surface area contributed by atoms with E-state index in [0.29, 0.717) is 10.9 Å². The average Bonchev–Trinajstić information content (AvgIpc) is 2.59. The van der Waals surface area contributed by atoms with Crippen molar-refractivity contribution in [3.63, 3.8) is 0 Å². The number of alkyl halides is 3. The van der Waals surface area contributed by atoms with Gasteiger partial charge in [0.05, 0.1) is 21.8 Å². The molecule has 5 nitrogen and oxygen atoms in total. The van der Waals surface area contributed by atoms with Gasteiger partial charge >= 0.3 is 6.18 Å². The molecule has 0 aromatic carbocycles. The third-order valence-electron chi connectivity index (χ3n) is 2.88. The molecule has 1 N–H and O–H groups in total. The Morgan fingerprint density at radius 3 is 2.58 bits per heavy atom. The minimum absolute atomic E-state index is 0.0571. The van der Waals surface area contributed by atoms with Crippen LogP contribution in [0.3, 0.4) is 0 Å². The Morgan fingerprint density at radius 1 is 1.23 bits per heavy atom. The van der Waals surface area contributed by atoms with Crippen LogP contribution >= 0.6 is 46.7 Å². The fraction of sp³-hybridized carbons (Fsp3) is 0.286. The average molecular weight is 443 g/mol. The van der Waals surface area contributed by atoms with Gasteiger partial charge in [0.15, 0.2) is 10.9 Å². The summed E-state index contributed by atoms with van der Waals surface area (Å²) in [4.78, 5) is 23.8. The van der Waals surface area contributed by atoms with Gasteiger partial charge in [-0.2, -0.15) is 13.2 Å². The number of halogens is 5. The first-order valence-electron chi connectivity index (χ1n) is 6.92. The van der Waals surface area contributed by atoms with Gasteiger partial charge in [0.1, 0.15) is 5.03 Å². The van der Waals surface area contributed by atoms with Crippen molar-refractivity contribution >= 4 is 52.6 Å². The lowest BCUT2D eigenvalue weighted by molar-refractivity contribution is -0.137. The largest absolute Gasteiger partial charge is 0.417 e. The van der Waals surface area contributed by atoms with Crippen molar-refractivity contribution < 1.29 is 18.0 Å². The zero-order chi connectivity index (χ0) is 19.3. The fourth-order valence-electron chi connectivity index (χ4n) is 1.69. The van der Waals surface area contributed by atoms with E-state index in [1.165, 1.54) is 18.0 Å². The van der Waals surface area contributed by atoms with Gasteiger partial charge in [-0.25, -0.2) is 15.0 Å². The number of thioether (sulfide) groups is 2. The van der Waals surface area contributed by atoms with Crippen LogP contribution in [0.5, 0.6) is 0 Å². The van der Waals surface area contributed by atoms with E-state index in [1.54, 1.807) is 6.26 Å². The van der Waals surface area contributed by atoms with Crippen LogP contribution in [0.25, 0.3) is 0 Å². The molecule has 0 fully saturated rings. The monoisotopic (exact) mass is 442 g/mol. The smallest absolute Gasteiger partial charge is 0.350 e. The summed E-state index contributed by atoms with van der Waals surface area (Å²) in [7, 11) is 0. The second-order valence-electron chi connectivity index (χ2n) is 4.67. The number of rotatable bonds is 6. The molecule has 26 heavy (non-hydrogen) atoms. The van der Waals surface area contributed by atoms with Gasteiger partial charge in [0, 0.05) is 18.5 Å². The van der Waals surface area contributed by atoms with Gasteiger partial charge in [-0.15, -0.1) is 11.8 Å². The third kappa shape index (κ3) is 5.63. The Bertz CT molecular complexity index is 808. The standard InChI is InChI=1S/C14H11Cl2F3N4OS2/c1-25-13-22-6-9(16)10(23-13)11(24)20-2-3-26-12-8(15)4-7(5-21-12)14(17,18)19/h4-6H,2-3H2,1H3,(H,20,24). The molecule has 0 saturated carbocycles. The maximum atomic E-state index is 12.6. The van der Waals surface area contributed by atoms with E-state index < -0.39 is 17.6 Å². The highest BCUT2D eigenvalue weighted by molar-refractivity contribution is 7.99. The highest BCUT2D eigenvalue weighted by Crippen LogP contribution is 2.33. The first-order valence-corrected chi connectivity index (χ1v) is 9.89. The quantitative estimate of drug-likeness (QED) is 0.405. The van der Waals surface area contributed by atoms with Crippen LogP contribution in [0.15, 0.2) is 28.6 Å². The number of pyridine rings is 1. The van der Waals surface area contributed by atoms with Gasteiger partial charge in [-0.3, -0.25) is 4.79 Å². The number of hydrogen-bond acceptors (Lipinski definition) is 6. The normalized spacial score (nSPS) is 11.5. The number of nitrogens with one attached hydrogen (secondary N) is 1. The molecular weight excluding hydrogens is 432 g/mol. The summed E-state index contributed by atoms with van der Waals surface area (Å²) < 4.78 is 37.7. The summed E-state index contributed by atoms with van der Waals surface area (Å²) in [5, 5.41) is 3.31. The molecule has 0 aliphatic heterocycles. The number of carbonyl (C=O) groups is 1. The summed E-state index contributed by atoms with van der Waals surface area (Å²) in [6.45, 7) is 0.220. The molecule has 2 heterocycles. The van der Waals surface area contributed by atoms with Gasteiger partial charge < -0.3 is 5.32 Å². The summed E-state index contributed by atoms with van der Waals surface area (Å²) in [5.41, 5.74) is -0.857. The van der Waals surface area contributed by atoms with Crippen molar-refractivity contribution in [2.75, 3.05) is 18.6 Å². The molecule has 1 amide bonds. The number of nitrogens with zero attached hydrogens (tertiary/aromatic N) is 3. The SMILES string of the molecule is CSc1ncc(Cl)c(C(=O)NCCSc2ncc(C(F)(F)F)cc2Cl)n1. The lowest BCUT2D eigenvalue weighted by atomic mass is 10.3. The van der Waals surface area contributed by atoms with Gasteiger partial charge in [-0.1, -0.05) is 35.0 Å². The molecule has 0 radical (unpaired) electrons. The van der Waals surface area contributed by atoms with Gasteiger partial charge in [0.2, 0.25) is 0 Å². The van der Waals surface area contributed by atoms with Crippen molar-refractivity contribution in [3.8, 4) is 0 Å². The zero-order valence-corrected chi connectivity index (χ0v) is 16.2. The van der Waals surface area contributed by atoms with Gasteiger partial charge in [0.25, 0.3) is 5.91 Å². The summed E-state index contributed by atoms with van der Waals surface area (Å²) in [5.74, 6) is -0.123. The molecule has 0 atom stereocenters. The maximum absolute atomic E-state index is 12.6. The molecule has 0 bridgehead atoms. The van der Waals surface area contributed by atoms with Crippen LogP contribution in [0.1, 0.15) is 16.1 Å². The third-order valence-corrected chi connectivity index (χ3v) is 5.13. The van der Waals surface area contributed by atoms with E-state index in [4.69, 9.17) is 23.2 Å². The number of carbonyl (C=O) groups excluding carboxylic acids is 1. The van der Waals surface area contributed by atoms with E-state index >= 15 is 0 Å². The van der Waals surface area contributed by atoms with E-state index in [1.807, 2.05) is 0 Å². The van der Waals surface area contributed by atoms with E-state index in [0.717, 1.165) is 24.0 Å². The maximum Gasteiger partial charge on any atom is 0.417 e. The fourth-order valence-corrected chi connectivity index (χ4v) is 3.26. The molecule has 0 saturated heterocycles. The Kier molecular flexibility index (Phi) is 7.39. The van der Waals surface area contributed by atoms with E-state index in [-0.39, 0.29) is 27.3 Å². The molecule has 0 aliphatic carbocycles. The summed E-state index contributed by atoms with van der Waals surface area (Å²) in [6, 6.07) is 0.820. The molecule has 0 unspecified atom stereocenters. The van der Waals surface area contributed by atoms with Gasteiger partial charge in [-0.05, 0) is 12.3 Å². The van der Waals surface area contributed by atoms with Crippen molar-refractivity contribution in [2.24, 2.45) is 0 Å². The number of hydrogen-bond donors (Lipinski definition) is 1. The van der Waals surface area contributed by atoms with Crippen molar-refractivity contribution in [1.82, 2.24) is 20.3 Å². The van der Waals surface area contributed by atoms with E-state index in [2.05, 4.69) is 20.3 Å². The van der Waals surface area contributed by atoms with Crippen LogP contribution < -0.4 is 5.32 Å². The highest BCUT2D eigenvalue weighted by atomic mass is 35.5. The predicted octanol–water partition coefficient (Wildman–Crippen LogP) is 4.44. The van der Waals surface area contributed by atoms with E-state index in [9.17, 15) is 18.0 Å². The Morgan fingerprint density at radius 2 is 1.96 bits per heavy atom. The molecular formula is C14H11Cl2F3N4OS2. The van der Waals surface area contributed by atoms with Crippen LogP contribution in [0, 0.1) is 0 Å². The number of amides is 1. The predicted molar refractivity (Wildman–Crippen MR) is 96.1 cm³/mol. The summed E-state index contributed by atoms with van der Waals surface area (Å²) >= 11 is 14.1. The zero-order valence-electron chi connectivity index (χ0n) is 13.1. The summed E-state index contributed by atoms with van der Waals surface area (Å²) in [6.07, 6.45) is -0.671. The van der Waals surface area contributed by atoms with Crippen molar-refractivity contribution in [3.05, 3.63) is 39.8 Å². The minimum atomic E-state index is -4.50. The Balaban J connectivity index is 1.90. The lowest BCUT2D eigenvalue weighted by Gasteiger charge is -2.09. The molecule has 2 aromatic rings. The number of aromatic nitrogens is 3. The molecule has 140 valence electrons. The Hall–Kier alpha value is -1.23. The van der Waals surface area contributed by atoms with Crippen molar-refractivity contribution in [2.45, 2.75) is 16.4 Å². The Labute approximate surface area is 165 Å². The first kappa shape index (κ1) is 21.1. The van der Waals surface area contributed by atoms with Crippen molar-refractivity contribution in [1.29, 1.82) is 0 Å². The second-order valence-corrected chi connectivity index (χ2v) is 7.34. The topological polar surface area (TPSA) is 67.8 Å². The van der Waals surface area contributed by atoms with Crippen LogP contribution in [0.2, 0.25) is 10.0 Å². The van der Waals surface area contributed by atoms with Crippen LogP contribution in [-0.4, -0.2) is 39.4 Å². The minimum Gasteiger partial charge on any atom is -0.350 e. The van der Waals surface area contributed by atoms with Crippen LogP contribution in [-0.2, 0) is 6.18 Å². The molecule has 0 spiro atoms. The van der Waals surface area contributed by atoms with Crippen LogP contribution in [0.4, 0.5) is 13.2 Å². The lowest BCUT2D eigenvalue weighted by Crippen LogP contribution is -2.27. The molecule has 0 aliphatic rings. The molecule has 2 rings (SSSR count). The second kappa shape index (κ2) is 9.12.